The van der Waals surface area contributed by atoms with Crippen molar-refractivity contribution in [1.82, 2.24) is 4.90 Å². The van der Waals surface area contributed by atoms with Gasteiger partial charge in [0, 0.05) is 32.0 Å². The molecule has 0 radical (unpaired) electrons. The van der Waals surface area contributed by atoms with Crippen LogP contribution in [0.15, 0.2) is 0 Å². The van der Waals surface area contributed by atoms with Crippen LogP contribution >= 0.6 is 0 Å². The molecule has 1 amide bonds. The molecular formula is C10H17NO2. The summed E-state index contributed by atoms with van der Waals surface area (Å²) < 4.78 is 0. The fraction of sp³-hybridized carbons (Fsp3) is 0.900. The number of carbonyl (C=O) groups is 1. The molecule has 2 rings (SSSR count). The van der Waals surface area contributed by atoms with Gasteiger partial charge in [-0.3, -0.25) is 4.79 Å². The molecule has 0 bridgehead atoms. The number of amides is 1. The molecule has 0 aromatic heterocycles. The molecule has 13 heavy (non-hydrogen) atoms. The zero-order valence-electron chi connectivity index (χ0n) is 8.07. The highest BCUT2D eigenvalue weighted by Crippen LogP contribution is 2.42. The first kappa shape index (κ1) is 9.00. The molecule has 1 saturated carbocycles. The van der Waals surface area contributed by atoms with Gasteiger partial charge in [-0.2, -0.15) is 0 Å². The minimum Gasteiger partial charge on any atom is -0.396 e. The number of rotatable bonds is 3. The van der Waals surface area contributed by atoms with E-state index in [4.69, 9.17) is 0 Å². The largest absolute Gasteiger partial charge is 0.396 e. The molecule has 3 nitrogen and oxygen atoms in total. The lowest BCUT2D eigenvalue weighted by Gasteiger charge is -2.44. The van der Waals surface area contributed by atoms with Gasteiger partial charge in [0.1, 0.15) is 0 Å². The molecule has 0 aromatic rings. The van der Waals surface area contributed by atoms with Crippen LogP contribution in [-0.2, 0) is 4.79 Å². The number of hydrogen-bond donors (Lipinski definition) is 1. The smallest absolute Gasteiger partial charge is 0.219 e. The average molecular weight is 183 g/mol. The molecule has 2 aliphatic rings. The molecule has 1 N–H and O–H groups in total. The summed E-state index contributed by atoms with van der Waals surface area (Å²) in [5, 5.41) is 9.23. The van der Waals surface area contributed by atoms with Gasteiger partial charge < -0.3 is 10.0 Å². The number of likely N-dealkylation sites (tertiary alicyclic amines) is 1. The second-order valence-electron chi connectivity index (χ2n) is 4.25. The Kier molecular flexibility index (Phi) is 2.28. The van der Waals surface area contributed by atoms with E-state index in [0.29, 0.717) is 17.9 Å². The van der Waals surface area contributed by atoms with Crippen molar-refractivity contribution in [3.8, 4) is 0 Å². The van der Waals surface area contributed by atoms with Crippen molar-refractivity contribution in [2.24, 2.45) is 11.8 Å². The molecule has 1 aliphatic heterocycles. The van der Waals surface area contributed by atoms with E-state index in [1.807, 2.05) is 4.90 Å². The van der Waals surface area contributed by atoms with E-state index in [-0.39, 0.29) is 12.5 Å². The lowest BCUT2D eigenvalue weighted by Crippen LogP contribution is -2.55. The first-order valence-corrected chi connectivity index (χ1v) is 5.12. The summed E-state index contributed by atoms with van der Waals surface area (Å²) >= 11 is 0. The van der Waals surface area contributed by atoms with Crippen LogP contribution in [0.3, 0.4) is 0 Å². The average Bonchev–Trinajstić information content (AvgIpc) is 2.78. The Hall–Kier alpha value is -0.570. The van der Waals surface area contributed by atoms with Crippen molar-refractivity contribution in [2.45, 2.75) is 32.2 Å². The number of nitrogens with zero attached hydrogens (tertiary/aromatic N) is 1. The van der Waals surface area contributed by atoms with Gasteiger partial charge in [-0.25, -0.2) is 0 Å². The number of aliphatic hydroxyl groups excluding tert-OH is 1. The zero-order chi connectivity index (χ0) is 9.42. The highest BCUT2D eigenvalue weighted by Gasteiger charge is 2.43. The van der Waals surface area contributed by atoms with Crippen molar-refractivity contribution >= 4 is 5.91 Å². The fourth-order valence-corrected chi connectivity index (χ4v) is 2.35. The third-order valence-corrected chi connectivity index (χ3v) is 3.40. The van der Waals surface area contributed by atoms with E-state index >= 15 is 0 Å². The van der Waals surface area contributed by atoms with Crippen molar-refractivity contribution in [1.29, 1.82) is 0 Å². The van der Waals surface area contributed by atoms with Crippen molar-refractivity contribution in [3.05, 3.63) is 0 Å². The van der Waals surface area contributed by atoms with Crippen LogP contribution in [0.5, 0.6) is 0 Å². The van der Waals surface area contributed by atoms with E-state index in [2.05, 4.69) is 0 Å². The van der Waals surface area contributed by atoms with Crippen LogP contribution in [0.1, 0.15) is 26.2 Å². The lowest BCUT2D eigenvalue weighted by atomic mass is 9.86. The minimum absolute atomic E-state index is 0.162. The molecule has 1 aliphatic carbocycles. The van der Waals surface area contributed by atoms with Crippen molar-refractivity contribution in [3.63, 3.8) is 0 Å². The van der Waals surface area contributed by atoms with E-state index in [1.165, 1.54) is 12.8 Å². The highest BCUT2D eigenvalue weighted by molar-refractivity contribution is 5.74. The normalized spacial score (nSPS) is 29.7. The van der Waals surface area contributed by atoms with E-state index in [9.17, 15) is 9.90 Å². The SMILES string of the molecule is CC(=O)N1CCC1C(CO)C1CC1. The predicted molar refractivity (Wildman–Crippen MR) is 49.1 cm³/mol. The third kappa shape index (κ3) is 1.57. The maximum Gasteiger partial charge on any atom is 0.219 e. The Morgan fingerprint density at radius 1 is 1.54 bits per heavy atom. The van der Waals surface area contributed by atoms with Gasteiger partial charge in [0.25, 0.3) is 0 Å². The van der Waals surface area contributed by atoms with Gasteiger partial charge in [-0.1, -0.05) is 0 Å². The summed E-state index contributed by atoms with van der Waals surface area (Å²) in [5.41, 5.74) is 0. The molecule has 0 spiro atoms. The van der Waals surface area contributed by atoms with Gasteiger partial charge in [-0.15, -0.1) is 0 Å². The van der Waals surface area contributed by atoms with Gasteiger partial charge in [0.15, 0.2) is 0 Å². The minimum atomic E-state index is 0.162. The maximum absolute atomic E-state index is 11.1. The van der Waals surface area contributed by atoms with Crippen LogP contribution < -0.4 is 0 Å². The second-order valence-corrected chi connectivity index (χ2v) is 4.25. The molecule has 2 unspecified atom stereocenters. The summed E-state index contributed by atoms with van der Waals surface area (Å²) in [6.07, 6.45) is 3.57. The molecule has 0 aromatic carbocycles. The predicted octanol–water partition coefficient (Wildman–Crippen LogP) is 0.626. The Morgan fingerprint density at radius 3 is 2.54 bits per heavy atom. The number of aliphatic hydroxyl groups is 1. The topological polar surface area (TPSA) is 40.5 Å². The maximum atomic E-state index is 11.1. The quantitative estimate of drug-likeness (QED) is 0.697. The van der Waals surface area contributed by atoms with Gasteiger partial charge in [0.05, 0.1) is 0 Å². The molecule has 2 atom stereocenters. The van der Waals surface area contributed by atoms with E-state index in [1.54, 1.807) is 6.92 Å². The van der Waals surface area contributed by atoms with Crippen LogP contribution in [0.2, 0.25) is 0 Å². The first-order valence-electron chi connectivity index (χ1n) is 5.12. The monoisotopic (exact) mass is 183 g/mol. The summed E-state index contributed by atoms with van der Waals surface area (Å²) in [6, 6.07) is 0.343. The Balaban J connectivity index is 1.94. The van der Waals surface area contributed by atoms with Gasteiger partial charge in [-0.05, 0) is 25.2 Å². The number of carbonyl (C=O) groups excluding carboxylic acids is 1. The first-order chi connectivity index (χ1) is 6.24. The van der Waals surface area contributed by atoms with Crippen molar-refractivity contribution in [2.75, 3.05) is 13.2 Å². The summed E-state index contributed by atoms with van der Waals surface area (Å²) in [5.74, 6) is 1.21. The van der Waals surface area contributed by atoms with E-state index < -0.39 is 0 Å². The van der Waals surface area contributed by atoms with Crippen LogP contribution in [-0.4, -0.2) is 35.1 Å². The van der Waals surface area contributed by atoms with E-state index in [0.717, 1.165) is 13.0 Å². The lowest BCUT2D eigenvalue weighted by molar-refractivity contribution is -0.139. The Morgan fingerprint density at radius 2 is 2.23 bits per heavy atom. The summed E-state index contributed by atoms with van der Waals surface area (Å²) in [4.78, 5) is 13.0. The Labute approximate surface area is 78.7 Å². The molecular weight excluding hydrogens is 166 g/mol. The molecule has 74 valence electrons. The summed E-state index contributed by atoms with van der Waals surface area (Å²) in [7, 11) is 0. The molecule has 2 fully saturated rings. The van der Waals surface area contributed by atoms with Crippen LogP contribution in [0.25, 0.3) is 0 Å². The molecule has 1 heterocycles. The van der Waals surface area contributed by atoms with Gasteiger partial charge in [0.2, 0.25) is 5.91 Å². The fourth-order valence-electron chi connectivity index (χ4n) is 2.35. The van der Waals surface area contributed by atoms with Crippen molar-refractivity contribution < 1.29 is 9.90 Å². The van der Waals surface area contributed by atoms with Gasteiger partial charge >= 0.3 is 0 Å². The van der Waals surface area contributed by atoms with Crippen LogP contribution in [0.4, 0.5) is 0 Å². The summed E-state index contributed by atoms with van der Waals surface area (Å²) in [6.45, 7) is 2.76. The second kappa shape index (κ2) is 3.29. The Bertz CT molecular complexity index is 213. The third-order valence-electron chi connectivity index (χ3n) is 3.40. The number of hydrogen-bond acceptors (Lipinski definition) is 2. The molecule has 3 heteroatoms. The molecule has 1 saturated heterocycles. The standard InChI is InChI=1S/C10H17NO2/c1-7(13)11-5-4-10(11)9(6-12)8-2-3-8/h8-10,12H,2-6H2,1H3. The highest BCUT2D eigenvalue weighted by atomic mass is 16.3. The zero-order valence-corrected chi connectivity index (χ0v) is 8.07. The van der Waals surface area contributed by atoms with Crippen LogP contribution in [0, 0.1) is 11.8 Å².